The summed E-state index contributed by atoms with van der Waals surface area (Å²) in [5.74, 6) is -0.953. The van der Waals surface area contributed by atoms with Gasteiger partial charge >= 0.3 is 0 Å². The van der Waals surface area contributed by atoms with Crippen LogP contribution in [-0.2, 0) is 9.59 Å². The molecule has 4 N–H and O–H groups in total. The summed E-state index contributed by atoms with van der Waals surface area (Å²) in [6.45, 7) is 3.07. The minimum atomic E-state index is -0.617. The number of rotatable bonds is 3. The lowest BCUT2D eigenvalue weighted by molar-refractivity contribution is -0.133. The number of nitrogens with one attached hydrogen (secondary N) is 1. The molecule has 7 nitrogen and oxygen atoms in total. The van der Waals surface area contributed by atoms with Crippen molar-refractivity contribution in [1.29, 1.82) is 0 Å². The Kier molecular flexibility index (Phi) is 4.74. The van der Waals surface area contributed by atoms with E-state index in [9.17, 15) is 9.59 Å². The minimum absolute atomic E-state index is 0.0582. The summed E-state index contributed by atoms with van der Waals surface area (Å²) < 4.78 is 0. The summed E-state index contributed by atoms with van der Waals surface area (Å²) in [5.41, 5.74) is 5.47. The molecule has 17 heavy (non-hydrogen) atoms. The zero-order chi connectivity index (χ0) is 12.8. The zero-order valence-corrected chi connectivity index (χ0v) is 9.85. The van der Waals surface area contributed by atoms with Crippen molar-refractivity contribution in [2.75, 3.05) is 19.6 Å². The van der Waals surface area contributed by atoms with Gasteiger partial charge in [0.05, 0.1) is 5.92 Å². The van der Waals surface area contributed by atoms with E-state index in [4.69, 9.17) is 10.9 Å². The number of carbonyl (C=O) groups excluding carboxylic acids is 2. The van der Waals surface area contributed by atoms with Gasteiger partial charge in [-0.2, -0.15) is 0 Å². The molecule has 1 heterocycles. The van der Waals surface area contributed by atoms with Gasteiger partial charge in [-0.25, -0.2) is 0 Å². The molecule has 0 radical (unpaired) electrons. The van der Waals surface area contributed by atoms with Crippen LogP contribution in [0.15, 0.2) is 5.16 Å². The molecule has 1 aliphatic rings. The van der Waals surface area contributed by atoms with Gasteiger partial charge in [-0.1, -0.05) is 12.1 Å². The number of nitrogens with zero attached hydrogens (tertiary/aromatic N) is 2. The van der Waals surface area contributed by atoms with Gasteiger partial charge in [0.1, 0.15) is 0 Å². The maximum atomic E-state index is 12.1. The molecular formula is C10H18N4O3. The second-order valence-electron chi connectivity index (χ2n) is 3.91. The lowest BCUT2D eigenvalue weighted by Gasteiger charge is -2.24. The van der Waals surface area contributed by atoms with Gasteiger partial charge in [-0.3, -0.25) is 9.59 Å². The fraction of sp³-hybridized carbons (Fsp3) is 0.700. The maximum absolute atomic E-state index is 12.1. The second-order valence-corrected chi connectivity index (χ2v) is 3.91. The van der Waals surface area contributed by atoms with Crippen molar-refractivity contribution in [2.45, 2.75) is 19.8 Å². The summed E-state index contributed by atoms with van der Waals surface area (Å²) in [7, 11) is 0. The molecule has 0 spiro atoms. The highest BCUT2D eigenvalue weighted by atomic mass is 16.4. The second kappa shape index (κ2) is 6.07. The Morgan fingerprint density at radius 2 is 2.35 bits per heavy atom. The van der Waals surface area contributed by atoms with E-state index < -0.39 is 5.92 Å². The van der Waals surface area contributed by atoms with E-state index in [2.05, 4.69) is 10.5 Å². The molecule has 1 atom stereocenters. The van der Waals surface area contributed by atoms with Crippen LogP contribution in [0.1, 0.15) is 19.8 Å². The Hall–Kier alpha value is -1.79. The number of hydrogen-bond donors (Lipinski definition) is 3. The van der Waals surface area contributed by atoms with Crippen molar-refractivity contribution in [2.24, 2.45) is 16.8 Å². The first kappa shape index (κ1) is 13.3. The van der Waals surface area contributed by atoms with Gasteiger partial charge in [-0.05, 0) is 6.42 Å². The summed E-state index contributed by atoms with van der Waals surface area (Å²) in [6.07, 6.45) is 0.755. The molecule has 0 aromatic rings. The van der Waals surface area contributed by atoms with Gasteiger partial charge in [0.25, 0.3) is 0 Å². The molecule has 7 heteroatoms. The predicted octanol–water partition coefficient (Wildman–Crippen LogP) is -0.892. The first-order valence-electron chi connectivity index (χ1n) is 5.63. The van der Waals surface area contributed by atoms with Crippen LogP contribution < -0.4 is 11.1 Å². The van der Waals surface area contributed by atoms with Crippen LogP contribution >= 0.6 is 0 Å². The summed E-state index contributed by atoms with van der Waals surface area (Å²) in [4.78, 5) is 24.8. The van der Waals surface area contributed by atoms with Crippen molar-refractivity contribution in [3.05, 3.63) is 0 Å². The number of amides is 2. The topological polar surface area (TPSA) is 108 Å². The summed E-state index contributed by atoms with van der Waals surface area (Å²) >= 11 is 0. The molecule has 0 aromatic carbocycles. The molecule has 0 aromatic heterocycles. The Balaban J connectivity index is 2.70. The standard InChI is InChI=1S/C10H18N4O3/c1-2-7(9(11)13-17)10(16)14-5-3-8(15)12-4-6-14/h7,17H,2-6H2,1H3,(H2,11,13)(H,12,15). The van der Waals surface area contributed by atoms with Crippen LogP contribution in [0, 0.1) is 5.92 Å². The average molecular weight is 242 g/mol. The van der Waals surface area contributed by atoms with Crippen molar-refractivity contribution < 1.29 is 14.8 Å². The third-order valence-corrected chi connectivity index (χ3v) is 2.80. The summed E-state index contributed by atoms with van der Waals surface area (Å²) in [6, 6.07) is 0. The van der Waals surface area contributed by atoms with Crippen molar-refractivity contribution in [1.82, 2.24) is 10.2 Å². The Labute approximate surface area is 99.6 Å². The van der Waals surface area contributed by atoms with E-state index in [1.54, 1.807) is 11.8 Å². The molecule has 1 aliphatic heterocycles. The first-order valence-corrected chi connectivity index (χ1v) is 5.63. The molecule has 1 saturated heterocycles. The van der Waals surface area contributed by atoms with Gasteiger partial charge in [0, 0.05) is 26.1 Å². The number of hydrogen-bond acceptors (Lipinski definition) is 4. The molecule has 96 valence electrons. The SMILES string of the molecule is CCC(C(=O)N1CCNC(=O)CC1)/C(N)=N/O. The molecule has 2 amide bonds. The predicted molar refractivity (Wildman–Crippen MR) is 61.4 cm³/mol. The van der Waals surface area contributed by atoms with E-state index in [1.165, 1.54) is 0 Å². The van der Waals surface area contributed by atoms with Gasteiger partial charge in [0.2, 0.25) is 11.8 Å². The Morgan fingerprint density at radius 1 is 1.65 bits per heavy atom. The Morgan fingerprint density at radius 3 is 2.94 bits per heavy atom. The average Bonchev–Trinajstić information content (AvgIpc) is 2.54. The van der Waals surface area contributed by atoms with E-state index in [0.29, 0.717) is 32.5 Å². The van der Waals surface area contributed by atoms with Crippen LogP contribution in [0.3, 0.4) is 0 Å². The number of carbonyl (C=O) groups is 2. The molecule has 1 rings (SSSR count). The molecule has 1 unspecified atom stereocenters. The number of amidine groups is 1. The van der Waals surface area contributed by atoms with Crippen molar-refractivity contribution >= 4 is 17.6 Å². The quantitative estimate of drug-likeness (QED) is 0.258. The molecule has 0 aliphatic carbocycles. The first-order chi connectivity index (χ1) is 8.10. The number of oxime groups is 1. The van der Waals surface area contributed by atoms with Crippen molar-refractivity contribution in [3.8, 4) is 0 Å². The van der Waals surface area contributed by atoms with Gasteiger partial charge in [-0.15, -0.1) is 0 Å². The maximum Gasteiger partial charge on any atom is 0.233 e. The molecule has 1 fully saturated rings. The fourth-order valence-electron chi connectivity index (χ4n) is 1.79. The minimum Gasteiger partial charge on any atom is -0.409 e. The highest BCUT2D eigenvalue weighted by Crippen LogP contribution is 2.10. The van der Waals surface area contributed by atoms with Crippen LogP contribution in [0.4, 0.5) is 0 Å². The third-order valence-electron chi connectivity index (χ3n) is 2.80. The Bertz CT molecular complexity index is 330. The number of nitrogens with two attached hydrogens (primary N) is 1. The van der Waals surface area contributed by atoms with Crippen molar-refractivity contribution in [3.63, 3.8) is 0 Å². The molecule has 0 saturated carbocycles. The van der Waals surface area contributed by atoms with Crippen LogP contribution in [0.2, 0.25) is 0 Å². The molecular weight excluding hydrogens is 224 g/mol. The van der Waals surface area contributed by atoms with Gasteiger partial charge < -0.3 is 21.2 Å². The van der Waals surface area contributed by atoms with E-state index in [1.807, 2.05) is 0 Å². The smallest absolute Gasteiger partial charge is 0.233 e. The highest BCUT2D eigenvalue weighted by molar-refractivity contribution is 6.02. The lowest BCUT2D eigenvalue weighted by Crippen LogP contribution is -2.43. The fourth-order valence-corrected chi connectivity index (χ4v) is 1.79. The third kappa shape index (κ3) is 3.33. The van der Waals surface area contributed by atoms with Crippen LogP contribution in [0.5, 0.6) is 0 Å². The zero-order valence-electron chi connectivity index (χ0n) is 9.85. The normalized spacial score (nSPS) is 19.5. The largest absolute Gasteiger partial charge is 0.409 e. The highest BCUT2D eigenvalue weighted by Gasteiger charge is 2.27. The van der Waals surface area contributed by atoms with Crippen LogP contribution in [0.25, 0.3) is 0 Å². The van der Waals surface area contributed by atoms with E-state index in [0.717, 1.165) is 0 Å². The molecule has 0 bridgehead atoms. The van der Waals surface area contributed by atoms with Gasteiger partial charge in [0.15, 0.2) is 5.84 Å². The van der Waals surface area contributed by atoms with Crippen LogP contribution in [-0.4, -0.2) is 47.4 Å². The summed E-state index contributed by atoms with van der Waals surface area (Å²) in [5, 5.41) is 14.2. The van der Waals surface area contributed by atoms with E-state index in [-0.39, 0.29) is 17.6 Å². The monoisotopic (exact) mass is 242 g/mol. The van der Waals surface area contributed by atoms with E-state index >= 15 is 0 Å². The lowest BCUT2D eigenvalue weighted by atomic mass is 10.0.